The molecule has 4 atom stereocenters. The van der Waals surface area contributed by atoms with Gasteiger partial charge in [0.1, 0.15) is 12.2 Å². The summed E-state index contributed by atoms with van der Waals surface area (Å²) in [5.74, 6) is -0.250. The van der Waals surface area contributed by atoms with Gasteiger partial charge in [0.15, 0.2) is 12.4 Å². The summed E-state index contributed by atoms with van der Waals surface area (Å²) >= 11 is 0. The lowest BCUT2D eigenvalue weighted by Gasteiger charge is -2.29. The van der Waals surface area contributed by atoms with Crippen molar-refractivity contribution in [2.24, 2.45) is 5.92 Å². The summed E-state index contributed by atoms with van der Waals surface area (Å²) in [5, 5.41) is 0. The van der Waals surface area contributed by atoms with Crippen molar-refractivity contribution >= 4 is 0 Å². The first-order valence-corrected chi connectivity index (χ1v) is 6.11. The van der Waals surface area contributed by atoms with E-state index in [9.17, 15) is 9.18 Å². The van der Waals surface area contributed by atoms with Crippen molar-refractivity contribution in [2.45, 2.75) is 38.3 Å². The average Bonchev–Trinajstić information content (AvgIpc) is 2.54. The third-order valence-corrected chi connectivity index (χ3v) is 4.06. The Balaban J connectivity index is 2.11. The van der Waals surface area contributed by atoms with E-state index < -0.39 is 23.6 Å². The zero-order valence-corrected chi connectivity index (χ0v) is 10.3. The van der Waals surface area contributed by atoms with E-state index in [1.165, 1.54) is 16.8 Å². The van der Waals surface area contributed by atoms with Crippen LogP contribution in [0.4, 0.5) is 4.39 Å². The highest BCUT2D eigenvalue weighted by Gasteiger charge is 2.55. The van der Waals surface area contributed by atoms with Crippen LogP contribution in [-0.4, -0.2) is 27.9 Å². The van der Waals surface area contributed by atoms with E-state index in [1.807, 2.05) is 13.8 Å². The summed E-state index contributed by atoms with van der Waals surface area (Å²) in [7, 11) is 0. The average molecular weight is 254 g/mol. The first-order chi connectivity index (χ1) is 8.57. The first kappa shape index (κ1) is 11.6. The molecule has 0 amide bonds. The van der Waals surface area contributed by atoms with Gasteiger partial charge in [0.2, 0.25) is 0 Å². The lowest BCUT2D eigenvalue weighted by atomic mass is 9.86. The van der Waals surface area contributed by atoms with Crippen LogP contribution >= 0.6 is 0 Å². The summed E-state index contributed by atoms with van der Waals surface area (Å²) < 4.78 is 27.2. The Kier molecular flexibility index (Phi) is 2.45. The molecule has 1 aromatic heterocycles. The summed E-state index contributed by atoms with van der Waals surface area (Å²) in [4.78, 5) is 15.0. The van der Waals surface area contributed by atoms with Crippen molar-refractivity contribution in [3.05, 3.63) is 22.6 Å². The Morgan fingerprint density at radius 3 is 3.17 bits per heavy atom. The predicted molar refractivity (Wildman–Crippen MR) is 61.2 cm³/mol. The van der Waals surface area contributed by atoms with Gasteiger partial charge in [-0.25, -0.2) is 4.39 Å². The van der Waals surface area contributed by atoms with Crippen molar-refractivity contribution in [3.63, 3.8) is 0 Å². The van der Waals surface area contributed by atoms with Crippen molar-refractivity contribution in [2.75, 3.05) is 6.61 Å². The first-order valence-electron chi connectivity index (χ1n) is 6.11. The van der Waals surface area contributed by atoms with Gasteiger partial charge in [-0.15, -0.1) is 0 Å². The fourth-order valence-corrected chi connectivity index (χ4v) is 2.72. The van der Waals surface area contributed by atoms with E-state index in [0.717, 1.165) is 0 Å². The molecule has 1 fully saturated rings. The van der Waals surface area contributed by atoms with Crippen LogP contribution in [-0.2, 0) is 4.74 Å². The van der Waals surface area contributed by atoms with Gasteiger partial charge in [0.25, 0.3) is 5.56 Å². The largest absolute Gasteiger partial charge is 0.461 e. The number of aromatic nitrogens is 2. The highest BCUT2D eigenvalue weighted by molar-refractivity contribution is 5.09. The molecule has 2 bridgehead atoms. The monoisotopic (exact) mass is 254 g/mol. The Labute approximate surface area is 104 Å². The molecule has 3 rings (SSSR count). The summed E-state index contributed by atoms with van der Waals surface area (Å²) in [6.45, 7) is 4.00. The highest BCUT2D eigenvalue weighted by atomic mass is 19.1. The second kappa shape index (κ2) is 3.78. The van der Waals surface area contributed by atoms with E-state index >= 15 is 0 Å². The molecule has 5 nitrogen and oxygen atoms in total. The zero-order chi connectivity index (χ0) is 12.9. The third kappa shape index (κ3) is 1.41. The second-order valence-corrected chi connectivity index (χ2v) is 4.90. The Morgan fingerprint density at radius 2 is 2.44 bits per heavy atom. The summed E-state index contributed by atoms with van der Waals surface area (Å²) in [6, 6.07) is 1.42. The molecular weight excluding hydrogens is 239 g/mol. The topological polar surface area (TPSA) is 53.3 Å². The number of hydrogen-bond donors (Lipinski definition) is 0. The van der Waals surface area contributed by atoms with E-state index in [4.69, 9.17) is 9.47 Å². The molecule has 1 saturated heterocycles. The van der Waals surface area contributed by atoms with Crippen LogP contribution in [0.1, 0.15) is 26.5 Å². The third-order valence-electron chi connectivity index (χ3n) is 4.06. The van der Waals surface area contributed by atoms with E-state index in [1.54, 1.807) is 0 Å². The quantitative estimate of drug-likeness (QED) is 0.757. The van der Waals surface area contributed by atoms with Crippen LogP contribution in [0.15, 0.2) is 17.1 Å². The minimum Gasteiger partial charge on any atom is -0.461 e. The fraction of sp³-hybridized carbons (Fsp3) is 0.667. The van der Waals surface area contributed by atoms with E-state index in [-0.39, 0.29) is 18.5 Å². The smallest absolute Gasteiger partial charge is 0.302 e. The van der Waals surface area contributed by atoms with E-state index in [0.29, 0.717) is 6.42 Å². The van der Waals surface area contributed by atoms with Gasteiger partial charge in [-0.2, -0.15) is 4.98 Å². The number of nitrogens with zero attached hydrogens (tertiary/aromatic N) is 2. The van der Waals surface area contributed by atoms with Crippen LogP contribution in [0.2, 0.25) is 0 Å². The zero-order valence-electron chi connectivity index (χ0n) is 10.3. The number of halogens is 1. The van der Waals surface area contributed by atoms with Crippen molar-refractivity contribution in [1.82, 2.24) is 9.55 Å². The van der Waals surface area contributed by atoms with Gasteiger partial charge in [0, 0.05) is 18.2 Å². The van der Waals surface area contributed by atoms with Gasteiger partial charge in [-0.3, -0.25) is 9.36 Å². The molecule has 0 N–H and O–H groups in total. The van der Waals surface area contributed by atoms with Gasteiger partial charge < -0.3 is 9.47 Å². The van der Waals surface area contributed by atoms with Gasteiger partial charge in [0.05, 0.1) is 0 Å². The van der Waals surface area contributed by atoms with Crippen LogP contribution in [0.5, 0.6) is 6.01 Å². The summed E-state index contributed by atoms with van der Waals surface area (Å²) in [5.41, 5.74) is -1.03. The normalized spacial score (nSPS) is 37.8. The molecule has 0 saturated carbocycles. The van der Waals surface area contributed by atoms with Gasteiger partial charge in [-0.1, -0.05) is 13.8 Å². The molecule has 6 heteroatoms. The van der Waals surface area contributed by atoms with Crippen LogP contribution in [0.3, 0.4) is 0 Å². The lowest BCUT2D eigenvalue weighted by molar-refractivity contribution is -0.0921. The highest BCUT2D eigenvalue weighted by Crippen LogP contribution is 2.47. The number of ether oxygens (including phenoxy) is 2. The molecule has 2 aliphatic rings. The maximum Gasteiger partial charge on any atom is 0.302 e. The molecule has 98 valence electrons. The SMILES string of the molecule is CC[C@]12COc3nc(=O)ccn3[C@H](O1)[C@@H](F)[C@@H]2C. The van der Waals surface area contributed by atoms with Gasteiger partial charge >= 0.3 is 6.01 Å². The molecule has 0 unspecified atom stereocenters. The number of hydrogen-bond acceptors (Lipinski definition) is 4. The molecule has 0 aromatic carbocycles. The van der Waals surface area contributed by atoms with Crippen LogP contribution in [0.25, 0.3) is 0 Å². The lowest BCUT2D eigenvalue weighted by Crippen LogP contribution is -2.41. The molecule has 18 heavy (non-hydrogen) atoms. The maximum absolute atomic E-state index is 14.4. The molecule has 0 radical (unpaired) electrons. The second-order valence-electron chi connectivity index (χ2n) is 4.90. The van der Waals surface area contributed by atoms with Crippen molar-refractivity contribution in [1.29, 1.82) is 0 Å². The number of rotatable bonds is 1. The Morgan fingerprint density at radius 1 is 1.67 bits per heavy atom. The fourth-order valence-electron chi connectivity index (χ4n) is 2.72. The molecule has 2 aliphatic heterocycles. The molecule has 0 spiro atoms. The Hall–Kier alpha value is -1.43. The van der Waals surface area contributed by atoms with Crippen molar-refractivity contribution < 1.29 is 13.9 Å². The predicted octanol–water partition coefficient (Wildman–Crippen LogP) is 1.29. The Bertz CT molecular complexity index is 532. The number of alkyl halides is 1. The van der Waals surface area contributed by atoms with Crippen LogP contribution in [0, 0.1) is 5.92 Å². The molecule has 0 aliphatic carbocycles. The molecule has 3 heterocycles. The van der Waals surface area contributed by atoms with E-state index in [2.05, 4.69) is 4.98 Å². The van der Waals surface area contributed by atoms with Crippen molar-refractivity contribution in [3.8, 4) is 6.01 Å². The minimum absolute atomic E-state index is 0.136. The van der Waals surface area contributed by atoms with Gasteiger partial charge in [-0.05, 0) is 6.42 Å². The minimum atomic E-state index is -1.13. The van der Waals surface area contributed by atoms with Crippen LogP contribution < -0.4 is 10.3 Å². The number of fused-ring (bicyclic) bond motifs is 4. The standard InChI is InChI=1S/C12H15FN2O3/c1-3-12-6-17-11-14-8(16)4-5-15(11)10(18-12)9(13)7(12)2/h4-5,7,9-10H,3,6H2,1-2H3/t7-,9-,10+,12+/m0/s1. The summed E-state index contributed by atoms with van der Waals surface area (Å²) in [6.07, 6.45) is 0.248. The molecule has 1 aromatic rings. The molecular formula is C12H15FN2O3. The maximum atomic E-state index is 14.4.